The van der Waals surface area contributed by atoms with E-state index in [1.54, 1.807) is 13.8 Å². The van der Waals surface area contributed by atoms with Gasteiger partial charge in [0.25, 0.3) is 0 Å². The predicted octanol–water partition coefficient (Wildman–Crippen LogP) is 4.54. The quantitative estimate of drug-likeness (QED) is 0.389. The summed E-state index contributed by atoms with van der Waals surface area (Å²) in [4.78, 5) is 0. The third kappa shape index (κ3) is 13.5. The Morgan fingerprint density at radius 1 is 0.773 bits per heavy atom. The fraction of sp³-hybridized carbons (Fsp3) is 1.00. The molecule has 22 heavy (non-hydrogen) atoms. The second-order valence-corrected chi connectivity index (χ2v) is 7.55. The molecule has 0 aromatic carbocycles. The maximum Gasteiger partial charge on any atom is 0.0738 e. The van der Waals surface area contributed by atoms with Gasteiger partial charge in [0.15, 0.2) is 0 Å². The van der Waals surface area contributed by atoms with E-state index in [1.165, 1.54) is 64.2 Å². The first-order valence-electron chi connectivity index (χ1n) is 9.53. The number of hydrogen-bond donors (Lipinski definition) is 3. The van der Waals surface area contributed by atoms with Gasteiger partial charge in [-0.1, -0.05) is 77.6 Å². The Morgan fingerprint density at radius 3 is 1.59 bits per heavy atom. The molecule has 1 unspecified atom stereocenters. The van der Waals surface area contributed by atoms with Crippen molar-refractivity contribution in [3.8, 4) is 0 Å². The van der Waals surface area contributed by atoms with Crippen LogP contribution in [0.1, 0.15) is 104 Å². The Hall–Kier alpha value is -0.120. The molecule has 0 aliphatic rings. The highest BCUT2D eigenvalue weighted by Crippen LogP contribution is 2.16. The second-order valence-electron chi connectivity index (χ2n) is 7.55. The van der Waals surface area contributed by atoms with Gasteiger partial charge in [0.1, 0.15) is 0 Å². The third-order valence-corrected chi connectivity index (χ3v) is 4.50. The largest absolute Gasteiger partial charge is 0.393 e. The van der Waals surface area contributed by atoms with Crippen molar-refractivity contribution in [2.24, 2.45) is 5.73 Å². The van der Waals surface area contributed by atoms with Crippen molar-refractivity contribution in [3.63, 3.8) is 0 Å². The summed E-state index contributed by atoms with van der Waals surface area (Å²) in [5.41, 5.74) is 5.20. The standard InChI is InChI=1S/C19H41NO2/c1-4-5-6-7-8-9-10-11-12-13-14-15-17(21)16-18(22)19(2,3)20/h17-18,21-22H,4-16,20H2,1-3H3/t17-,18?/m0/s1. The molecular formula is C19H41NO2. The maximum absolute atomic E-state index is 9.91. The SMILES string of the molecule is CCCCCCCCCCCCC[C@H](O)CC(O)C(C)(C)N. The zero-order valence-electron chi connectivity index (χ0n) is 15.3. The zero-order chi connectivity index (χ0) is 16.8. The number of nitrogens with two attached hydrogens (primary N) is 1. The van der Waals surface area contributed by atoms with Gasteiger partial charge in [0, 0.05) is 12.0 Å². The van der Waals surface area contributed by atoms with E-state index in [2.05, 4.69) is 6.92 Å². The molecule has 0 aliphatic carbocycles. The number of aliphatic hydroxyl groups excluding tert-OH is 2. The maximum atomic E-state index is 9.91. The molecule has 0 aromatic rings. The minimum atomic E-state index is -0.629. The molecule has 0 aliphatic heterocycles. The van der Waals surface area contributed by atoms with Crippen LogP contribution in [-0.2, 0) is 0 Å². The molecule has 3 nitrogen and oxygen atoms in total. The van der Waals surface area contributed by atoms with Crippen LogP contribution in [0, 0.1) is 0 Å². The van der Waals surface area contributed by atoms with Crippen LogP contribution >= 0.6 is 0 Å². The summed E-state index contributed by atoms with van der Waals surface area (Å²) >= 11 is 0. The van der Waals surface area contributed by atoms with E-state index in [9.17, 15) is 10.2 Å². The molecule has 3 heteroatoms. The van der Waals surface area contributed by atoms with Gasteiger partial charge >= 0.3 is 0 Å². The van der Waals surface area contributed by atoms with E-state index >= 15 is 0 Å². The van der Waals surface area contributed by atoms with Crippen LogP contribution in [0.5, 0.6) is 0 Å². The second kappa shape index (κ2) is 13.3. The van der Waals surface area contributed by atoms with E-state index in [1.807, 2.05) is 0 Å². The summed E-state index contributed by atoms with van der Waals surface area (Å²) in [7, 11) is 0. The van der Waals surface area contributed by atoms with Gasteiger partial charge in [-0.3, -0.25) is 0 Å². The average molecular weight is 316 g/mol. The molecule has 0 amide bonds. The topological polar surface area (TPSA) is 66.5 Å². The molecular weight excluding hydrogens is 274 g/mol. The normalized spacial score (nSPS) is 15.0. The van der Waals surface area contributed by atoms with E-state index in [0.29, 0.717) is 6.42 Å². The number of unbranched alkanes of at least 4 members (excludes halogenated alkanes) is 10. The van der Waals surface area contributed by atoms with Crippen molar-refractivity contribution in [1.29, 1.82) is 0 Å². The molecule has 0 saturated carbocycles. The molecule has 0 fully saturated rings. The molecule has 4 N–H and O–H groups in total. The summed E-state index contributed by atoms with van der Waals surface area (Å²) in [5, 5.41) is 19.8. The summed E-state index contributed by atoms with van der Waals surface area (Å²) in [6.07, 6.45) is 14.6. The molecule has 2 atom stereocenters. The minimum absolute atomic E-state index is 0.390. The van der Waals surface area contributed by atoms with Gasteiger partial charge in [-0.15, -0.1) is 0 Å². The summed E-state index contributed by atoms with van der Waals surface area (Å²) in [6, 6.07) is 0. The van der Waals surface area contributed by atoms with Crippen molar-refractivity contribution >= 4 is 0 Å². The van der Waals surface area contributed by atoms with Gasteiger partial charge in [-0.2, -0.15) is 0 Å². The summed E-state index contributed by atoms with van der Waals surface area (Å²) in [6.45, 7) is 5.85. The smallest absolute Gasteiger partial charge is 0.0738 e. The van der Waals surface area contributed by atoms with Crippen molar-refractivity contribution in [2.45, 2.75) is 122 Å². The Kier molecular flexibility index (Phi) is 13.3. The van der Waals surface area contributed by atoms with Crippen LogP contribution in [0.3, 0.4) is 0 Å². The van der Waals surface area contributed by atoms with Crippen LogP contribution in [-0.4, -0.2) is 28.0 Å². The first-order valence-corrected chi connectivity index (χ1v) is 9.53. The van der Waals surface area contributed by atoms with Crippen molar-refractivity contribution < 1.29 is 10.2 Å². The predicted molar refractivity (Wildman–Crippen MR) is 96.0 cm³/mol. The van der Waals surface area contributed by atoms with Crippen LogP contribution in [0.4, 0.5) is 0 Å². The van der Waals surface area contributed by atoms with Gasteiger partial charge in [-0.05, 0) is 20.3 Å². The van der Waals surface area contributed by atoms with Gasteiger partial charge in [0.05, 0.1) is 12.2 Å². The number of rotatable bonds is 15. The van der Waals surface area contributed by atoms with Crippen molar-refractivity contribution in [1.82, 2.24) is 0 Å². The Labute approximate surface area is 138 Å². The highest BCUT2D eigenvalue weighted by Gasteiger charge is 2.24. The molecule has 134 valence electrons. The van der Waals surface area contributed by atoms with Crippen LogP contribution < -0.4 is 5.73 Å². The Morgan fingerprint density at radius 2 is 1.18 bits per heavy atom. The third-order valence-electron chi connectivity index (χ3n) is 4.50. The number of aliphatic hydroxyl groups is 2. The molecule has 0 rings (SSSR count). The Bertz CT molecular complexity index is 238. The van der Waals surface area contributed by atoms with E-state index in [-0.39, 0.29) is 0 Å². The van der Waals surface area contributed by atoms with E-state index in [4.69, 9.17) is 5.73 Å². The molecule has 0 saturated heterocycles. The van der Waals surface area contributed by atoms with Crippen LogP contribution in [0.25, 0.3) is 0 Å². The summed E-state index contributed by atoms with van der Waals surface area (Å²) < 4.78 is 0. The highest BCUT2D eigenvalue weighted by molar-refractivity contribution is 4.83. The van der Waals surface area contributed by atoms with Gasteiger partial charge in [0.2, 0.25) is 0 Å². The molecule has 0 radical (unpaired) electrons. The Balaban J connectivity index is 3.32. The van der Waals surface area contributed by atoms with Crippen molar-refractivity contribution in [3.05, 3.63) is 0 Å². The molecule has 0 aromatic heterocycles. The van der Waals surface area contributed by atoms with E-state index in [0.717, 1.165) is 12.8 Å². The van der Waals surface area contributed by atoms with Gasteiger partial charge < -0.3 is 15.9 Å². The van der Waals surface area contributed by atoms with E-state index < -0.39 is 17.7 Å². The lowest BCUT2D eigenvalue weighted by molar-refractivity contribution is 0.0372. The first kappa shape index (κ1) is 21.9. The lowest BCUT2D eigenvalue weighted by atomic mass is 9.92. The zero-order valence-corrected chi connectivity index (χ0v) is 15.3. The van der Waals surface area contributed by atoms with Gasteiger partial charge in [-0.25, -0.2) is 0 Å². The fourth-order valence-electron chi connectivity index (χ4n) is 2.72. The first-order chi connectivity index (χ1) is 10.4. The summed E-state index contributed by atoms with van der Waals surface area (Å²) in [5.74, 6) is 0. The number of hydrogen-bond acceptors (Lipinski definition) is 3. The molecule has 0 spiro atoms. The lowest BCUT2D eigenvalue weighted by Gasteiger charge is -2.27. The molecule has 0 bridgehead atoms. The van der Waals surface area contributed by atoms with Crippen LogP contribution in [0.2, 0.25) is 0 Å². The monoisotopic (exact) mass is 315 g/mol. The van der Waals surface area contributed by atoms with Crippen LogP contribution in [0.15, 0.2) is 0 Å². The lowest BCUT2D eigenvalue weighted by Crippen LogP contribution is -2.46. The fourth-order valence-corrected chi connectivity index (χ4v) is 2.72. The molecule has 0 heterocycles. The minimum Gasteiger partial charge on any atom is -0.393 e. The van der Waals surface area contributed by atoms with Crippen molar-refractivity contribution in [2.75, 3.05) is 0 Å². The highest BCUT2D eigenvalue weighted by atomic mass is 16.3. The average Bonchev–Trinajstić information content (AvgIpc) is 2.43.